The molecule has 0 amide bonds. The molecule has 2 rings (SSSR count). The maximum atomic E-state index is 11.2. The molecule has 1 heterocycles. The number of hydrogen-bond donors (Lipinski definition) is 1. The lowest BCUT2D eigenvalue weighted by Crippen LogP contribution is -1.91. The number of rotatable bonds is 2. The standard InChI is InChI=1S/C13H14N2O/c1-8-13(9(2)15-14-8)12-6-4-11(5-7-12)10(3)16/h4-7H,1-3H3,(H,14,15). The summed E-state index contributed by atoms with van der Waals surface area (Å²) in [6.45, 7) is 5.54. The number of carbonyl (C=O) groups is 1. The number of nitrogens with zero attached hydrogens (tertiary/aromatic N) is 1. The highest BCUT2D eigenvalue weighted by Crippen LogP contribution is 2.25. The minimum Gasteiger partial charge on any atom is -0.295 e. The first-order valence-electron chi connectivity index (χ1n) is 5.22. The predicted octanol–water partition coefficient (Wildman–Crippen LogP) is 2.90. The fourth-order valence-electron chi connectivity index (χ4n) is 1.85. The molecule has 16 heavy (non-hydrogen) atoms. The summed E-state index contributed by atoms with van der Waals surface area (Å²) in [5, 5.41) is 7.11. The predicted molar refractivity (Wildman–Crippen MR) is 63.5 cm³/mol. The van der Waals surface area contributed by atoms with E-state index in [0.29, 0.717) is 0 Å². The van der Waals surface area contributed by atoms with Crippen LogP contribution in [0.1, 0.15) is 28.7 Å². The van der Waals surface area contributed by atoms with Crippen molar-refractivity contribution in [3.8, 4) is 11.1 Å². The molecule has 0 atom stereocenters. The maximum absolute atomic E-state index is 11.2. The van der Waals surface area contributed by atoms with Crippen LogP contribution in [0.25, 0.3) is 11.1 Å². The number of H-pyrrole nitrogens is 1. The Morgan fingerprint density at radius 3 is 2.25 bits per heavy atom. The summed E-state index contributed by atoms with van der Waals surface area (Å²) in [7, 11) is 0. The topological polar surface area (TPSA) is 45.8 Å². The van der Waals surface area contributed by atoms with Gasteiger partial charge in [-0.2, -0.15) is 5.10 Å². The molecule has 0 unspecified atom stereocenters. The molecular formula is C13H14N2O. The first kappa shape index (κ1) is 10.6. The van der Waals surface area contributed by atoms with E-state index >= 15 is 0 Å². The van der Waals surface area contributed by atoms with Crippen molar-refractivity contribution in [2.45, 2.75) is 20.8 Å². The van der Waals surface area contributed by atoms with Gasteiger partial charge in [0, 0.05) is 16.8 Å². The van der Waals surface area contributed by atoms with E-state index in [1.807, 2.05) is 38.1 Å². The molecular weight excluding hydrogens is 200 g/mol. The van der Waals surface area contributed by atoms with Crippen LogP contribution in [0.5, 0.6) is 0 Å². The van der Waals surface area contributed by atoms with E-state index in [1.54, 1.807) is 6.92 Å². The van der Waals surface area contributed by atoms with Gasteiger partial charge in [-0.25, -0.2) is 0 Å². The fourth-order valence-corrected chi connectivity index (χ4v) is 1.85. The third-order valence-corrected chi connectivity index (χ3v) is 2.71. The van der Waals surface area contributed by atoms with Gasteiger partial charge in [0.15, 0.2) is 5.78 Å². The van der Waals surface area contributed by atoms with E-state index in [-0.39, 0.29) is 5.78 Å². The van der Waals surface area contributed by atoms with Crippen LogP contribution < -0.4 is 0 Å². The fraction of sp³-hybridized carbons (Fsp3) is 0.231. The lowest BCUT2D eigenvalue weighted by atomic mass is 10.0. The Morgan fingerprint density at radius 2 is 1.81 bits per heavy atom. The van der Waals surface area contributed by atoms with Crippen LogP contribution in [0.3, 0.4) is 0 Å². The first-order chi connectivity index (χ1) is 7.59. The summed E-state index contributed by atoms with van der Waals surface area (Å²) < 4.78 is 0. The van der Waals surface area contributed by atoms with Crippen molar-refractivity contribution in [2.24, 2.45) is 0 Å². The molecule has 1 aromatic heterocycles. The quantitative estimate of drug-likeness (QED) is 0.781. The SMILES string of the molecule is CC(=O)c1ccc(-c2c(C)n[nH]c2C)cc1. The van der Waals surface area contributed by atoms with Gasteiger partial charge in [0.1, 0.15) is 0 Å². The van der Waals surface area contributed by atoms with Crippen molar-refractivity contribution >= 4 is 5.78 Å². The molecule has 3 nitrogen and oxygen atoms in total. The average Bonchev–Trinajstić information content (AvgIpc) is 2.59. The highest BCUT2D eigenvalue weighted by Gasteiger charge is 2.09. The number of aromatic amines is 1. The van der Waals surface area contributed by atoms with E-state index in [0.717, 1.165) is 28.1 Å². The van der Waals surface area contributed by atoms with Crippen LogP contribution in [-0.2, 0) is 0 Å². The van der Waals surface area contributed by atoms with E-state index in [4.69, 9.17) is 0 Å². The second-order valence-corrected chi connectivity index (χ2v) is 3.94. The second kappa shape index (κ2) is 3.93. The van der Waals surface area contributed by atoms with E-state index in [2.05, 4.69) is 10.2 Å². The number of aromatic nitrogens is 2. The number of aryl methyl sites for hydroxylation is 2. The summed E-state index contributed by atoms with van der Waals surface area (Å²) in [6, 6.07) is 7.62. The summed E-state index contributed by atoms with van der Waals surface area (Å²) in [4.78, 5) is 11.2. The minimum atomic E-state index is 0.0900. The molecule has 2 aromatic rings. The van der Waals surface area contributed by atoms with Gasteiger partial charge in [0.05, 0.1) is 5.69 Å². The zero-order chi connectivity index (χ0) is 11.7. The Morgan fingerprint density at radius 1 is 1.19 bits per heavy atom. The molecule has 0 radical (unpaired) electrons. The average molecular weight is 214 g/mol. The number of carbonyl (C=O) groups excluding carboxylic acids is 1. The Bertz CT molecular complexity index is 504. The third-order valence-electron chi connectivity index (χ3n) is 2.71. The molecule has 1 N–H and O–H groups in total. The molecule has 0 aliphatic heterocycles. The first-order valence-corrected chi connectivity index (χ1v) is 5.22. The van der Waals surface area contributed by atoms with Gasteiger partial charge in [-0.1, -0.05) is 24.3 Å². The molecule has 0 saturated heterocycles. The third kappa shape index (κ3) is 1.76. The Kier molecular flexibility index (Phi) is 2.60. The van der Waals surface area contributed by atoms with Crippen LogP contribution in [0.2, 0.25) is 0 Å². The Balaban J connectivity index is 2.46. The molecule has 0 saturated carbocycles. The molecule has 0 spiro atoms. The van der Waals surface area contributed by atoms with Crippen LogP contribution >= 0.6 is 0 Å². The van der Waals surface area contributed by atoms with E-state index < -0.39 is 0 Å². The summed E-state index contributed by atoms with van der Waals surface area (Å²) in [5.41, 5.74) is 4.98. The van der Waals surface area contributed by atoms with Gasteiger partial charge in [0.25, 0.3) is 0 Å². The largest absolute Gasteiger partial charge is 0.295 e. The number of hydrogen-bond acceptors (Lipinski definition) is 2. The van der Waals surface area contributed by atoms with Crippen molar-refractivity contribution in [2.75, 3.05) is 0 Å². The van der Waals surface area contributed by atoms with Gasteiger partial charge >= 0.3 is 0 Å². The summed E-state index contributed by atoms with van der Waals surface area (Å²) >= 11 is 0. The molecule has 0 fully saturated rings. The lowest BCUT2D eigenvalue weighted by molar-refractivity contribution is 0.101. The van der Waals surface area contributed by atoms with E-state index in [1.165, 1.54) is 0 Å². The van der Waals surface area contributed by atoms with Gasteiger partial charge in [-0.3, -0.25) is 9.89 Å². The van der Waals surface area contributed by atoms with Gasteiger partial charge < -0.3 is 0 Å². The van der Waals surface area contributed by atoms with Crippen LogP contribution in [0, 0.1) is 13.8 Å². The summed E-state index contributed by atoms with van der Waals surface area (Å²) in [6.07, 6.45) is 0. The zero-order valence-corrected chi connectivity index (χ0v) is 9.66. The van der Waals surface area contributed by atoms with Crippen LogP contribution in [0.15, 0.2) is 24.3 Å². The smallest absolute Gasteiger partial charge is 0.159 e. The van der Waals surface area contributed by atoms with Crippen molar-refractivity contribution in [1.29, 1.82) is 0 Å². The Hall–Kier alpha value is -1.90. The second-order valence-electron chi connectivity index (χ2n) is 3.94. The highest BCUT2D eigenvalue weighted by atomic mass is 16.1. The van der Waals surface area contributed by atoms with Crippen LogP contribution in [0.4, 0.5) is 0 Å². The van der Waals surface area contributed by atoms with Crippen molar-refractivity contribution in [3.05, 3.63) is 41.2 Å². The number of nitrogens with one attached hydrogen (secondary N) is 1. The van der Waals surface area contributed by atoms with Crippen molar-refractivity contribution < 1.29 is 4.79 Å². The monoisotopic (exact) mass is 214 g/mol. The highest BCUT2D eigenvalue weighted by molar-refractivity contribution is 5.94. The number of benzene rings is 1. The molecule has 0 aliphatic carbocycles. The maximum Gasteiger partial charge on any atom is 0.159 e. The van der Waals surface area contributed by atoms with Crippen molar-refractivity contribution in [1.82, 2.24) is 10.2 Å². The van der Waals surface area contributed by atoms with Crippen molar-refractivity contribution in [3.63, 3.8) is 0 Å². The van der Waals surface area contributed by atoms with Gasteiger partial charge in [0.2, 0.25) is 0 Å². The Labute approximate surface area is 94.5 Å². The van der Waals surface area contributed by atoms with Gasteiger partial charge in [-0.15, -0.1) is 0 Å². The van der Waals surface area contributed by atoms with Gasteiger partial charge in [-0.05, 0) is 26.3 Å². The molecule has 0 bridgehead atoms. The molecule has 1 aromatic carbocycles. The zero-order valence-electron chi connectivity index (χ0n) is 9.66. The molecule has 0 aliphatic rings. The minimum absolute atomic E-state index is 0.0900. The summed E-state index contributed by atoms with van der Waals surface area (Å²) in [5.74, 6) is 0.0900. The number of Topliss-reactive ketones (excluding diaryl/α,β-unsaturated/α-hetero) is 1. The number of ketones is 1. The van der Waals surface area contributed by atoms with E-state index in [9.17, 15) is 4.79 Å². The lowest BCUT2D eigenvalue weighted by Gasteiger charge is -2.02. The molecule has 3 heteroatoms. The van der Waals surface area contributed by atoms with Crippen LogP contribution in [-0.4, -0.2) is 16.0 Å². The normalized spacial score (nSPS) is 10.4. The molecule has 82 valence electrons.